The van der Waals surface area contributed by atoms with Crippen molar-refractivity contribution >= 4 is 11.5 Å². The Morgan fingerprint density at radius 1 is 1.08 bits per heavy atom. The molecule has 1 amide bonds. The van der Waals surface area contributed by atoms with Crippen molar-refractivity contribution in [3.05, 3.63) is 65.2 Å². The number of ether oxygens (including phenoxy) is 2. The molecular weight excluding hydrogens is 302 g/mol. The van der Waals surface area contributed by atoms with Crippen molar-refractivity contribution in [3.8, 4) is 11.5 Å². The van der Waals surface area contributed by atoms with E-state index in [1.165, 1.54) is 5.56 Å². The lowest BCUT2D eigenvalue weighted by Gasteiger charge is -2.42. The minimum absolute atomic E-state index is 0.0726. The number of hydrogen-bond acceptors (Lipinski definition) is 3. The van der Waals surface area contributed by atoms with Crippen LogP contribution in [0.15, 0.2) is 43.0 Å². The van der Waals surface area contributed by atoms with Crippen molar-refractivity contribution in [2.45, 2.75) is 12.5 Å². The number of fused-ring (bicyclic) bond motifs is 4. The van der Waals surface area contributed by atoms with Gasteiger partial charge in [-0.25, -0.2) is 0 Å². The highest BCUT2D eigenvalue weighted by Crippen LogP contribution is 2.46. The van der Waals surface area contributed by atoms with E-state index in [1.54, 1.807) is 14.2 Å². The maximum absolute atomic E-state index is 12.9. The molecule has 4 nitrogen and oxygen atoms in total. The lowest BCUT2D eigenvalue weighted by atomic mass is 9.80. The first-order valence-electron chi connectivity index (χ1n) is 7.99. The normalized spacial score (nSPS) is 18.6. The Morgan fingerprint density at radius 3 is 2.46 bits per heavy atom. The minimum Gasteiger partial charge on any atom is -0.493 e. The van der Waals surface area contributed by atoms with Crippen LogP contribution >= 0.6 is 0 Å². The van der Waals surface area contributed by atoms with Crippen molar-refractivity contribution in [2.24, 2.45) is 0 Å². The van der Waals surface area contributed by atoms with Crippen LogP contribution in [-0.2, 0) is 6.42 Å². The van der Waals surface area contributed by atoms with Gasteiger partial charge in [0.25, 0.3) is 5.91 Å². The van der Waals surface area contributed by atoms with Crippen LogP contribution in [0.25, 0.3) is 5.57 Å². The highest BCUT2D eigenvalue weighted by atomic mass is 16.5. The van der Waals surface area contributed by atoms with Gasteiger partial charge in [0, 0.05) is 12.1 Å². The van der Waals surface area contributed by atoms with Crippen molar-refractivity contribution in [3.63, 3.8) is 0 Å². The minimum atomic E-state index is -0.143. The van der Waals surface area contributed by atoms with Crippen LogP contribution in [0.3, 0.4) is 0 Å². The molecule has 0 radical (unpaired) electrons. The Morgan fingerprint density at radius 2 is 1.75 bits per heavy atom. The van der Waals surface area contributed by atoms with Gasteiger partial charge < -0.3 is 14.4 Å². The van der Waals surface area contributed by atoms with E-state index in [1.807, 2.05) is 41.3 Å². The molecule has 2 aliphatic heterocycles. The summed E-state index contributed by atoms with van der Waals surface area (Å²) in [5.74, 6) is 1.47. The van der Waals surface area contributed by atoms with Crippen molar-refractivity contribution in [1.29, 1.82) is 0 Å². The van der Waals surface area contributed by atoms with E-state index in [-0.39, 0.29) is 11.9 Å². The Bertz CT molecular complexity index is 856. The highest BCUT2D eigenvalue weighted by Gasteiger charge is 2.39. The average molecular weight is 321 g/mol. The summed E-state index contributed by atoms with van der Waals surface area (Å²) in [6.45, 7) is 4.99. The second-order valence-electron chi connectivity index (χ2n) is 6.13. The molecule has 1 atom stereocenters. The summed E-state index contributed by atoms with van der Waals surface area (Å²) >= 11 is 0. The Hall–Kier alpha value is -2.75. The van der Waals surface area contributed by atoms with Gasteiger partial charge in [0.1, 0.15) is 0 Å². The number of rotatable bonds is 2. The van der Waals surface area contributed by atoms with Crippen LogP contribution in [0, 0.1) is 0 Å². The molecule has 0 bridgehead atoms. The highest BCUT2D eigenvalue weighted by molar-refractivity contribution is 6.04. The first kappa shape index (κ1) is 14.8. The SMILES string of the molecule is C=C1c2ccccc2C(=O)N2CCc3cc(OC)c(OC)cc3C12. The third-order valence-corrected chi connectivity index (χ3v) is 4.97. The van der Waals surface area contributed by atoms with E-state index in [9.17, 15) is 4.79 Å². The number of nitrogens with zero attached hydrogens (tertiary/aromatic N) is 1. The van der Waals surface area contributed by atoms with Gasteiger partial charge >= 0.3 is 0 Å². The van der Waals surface area contributed by atoms with E-state index < -0.39 is 0 Å². The molecule has 2 aliphatic rings. The largest absolute Gasteiger partial charge is 0.493 e. The predicted octanol–water partition coefficient (Wildman–Crippen LogP) is 3.47. The molecule has 0 saturated heterocycles. The van der Waals surface area contributed by atoms with Crippen LogP contribution in [0.2, 0.25) is 0 Å². The zero-order valence-electron chi connectivity index (χ0n) is 13.8. The standard InChI is InChI=1S/C20H19NO3/c1-12-14-6-4-5-7-15(14)20(22)21-9-8-13-10-17(23-2)18(24-3)11-16(13)19(12)21/h4-7,10-11,19H,1,8-9H2,2-3H3. The van der Waals surface area contributed by atoms with E-state index in [2.05, 4.69) is 6.58 Å². The summed E-state index contributed by atoms with van der Waals surface area (Å²) < 4.78 is 10.9. The second kappa shape index (κ2) is 5.41. The first-order chi connectivity index (χ1) is 11.7. The smallest absolute Gasteiger partial charge is 0.255 e. The molecular formula is C20H19NO3. The lowest BCUT2D eigenvalue weighted by Crippen LogP contribution is -2.43. The molecule has 0 fully saturated rings. The molecule has 4 rings (SSSR count). The van der Waals surface area contributed by atoms with Gasteiger partial charge in [-0.05, 0) is 46.9 Å². The number of methoxy groups -OCH3 is 2. The van der Waals surface area contributed by atoms with E-state index >= 15 is 0 Å². The van der Waals surface area contributed by atoms with E-state index in [0.717, 1.165) is 34.4 Å². The fourth-order valence-corrected chi connectivity index (χ4v) is 3.79. The predicted molar refractivity (Wildman–Crippen MR) is 92.5 cm³/mol. The van der Waals surface area contributed by atoms with Crippen LogP contribution in [-0.4, -0.2) is 31.6 Å². The molecule has 122 valence electrons. The number of hydrogen-bond donors (Lipinski definition) is 0. The first-order valence-corrected chi connectivity index (χ1v) is 7.99. The molecule has 0 saturated carbocycles. The zero-order chi connectivity index (χ0) is 16.8. The van der Waals surface area contributed by atoms with E-state index in [4.69, 9.17) is 9.47 Å². The molecule has 24 heavy (non-hydrogen) atoms. The number of amides is 1. The van der Waals surface area contributed by atoms with Gasteiger partial charge in [0.05, 0.1) is 20.3 Å². The molecule has 0 spiro atoms. The molecule has 0 aromatic heterocycles. The monoisotopic (exact) mass is 321 g/mol. The molecule has 0 N–H and O–H groups in total. The van der Waals surface area contributed by atoms with Crippen LogP contribution < -0.4 is 9.47 Å². The quantitative estimate of drug-likeness (QED) is 0.850. The van der Waals surface area contributed by atoms with Gasteiger partial charge in [0.15, 0.2) is 11.5 Å². The summed E-state index contributed by atoms with van der Waals surface area (Å²) in [6, 6.07) is 11.6. The zero-order valence-corrected chi connectivity index (χ0v) is 13.8. The molecule has 2 heterocycles. The summed E-state index contributed by atoms with van der Waals surface area (Å²) in [7, 11) is 3.26. The van der Waals surface area contributed by atoms with Gasteiger partial charge in [-0.15, -0.1) is 0 Å². The number of benzene rings is 2. The summed E-state index contributed by atoms with van der Waals surface area (Å²) in [5, 5.41) is 0. The van der Waals surface area contributed by atoms with Crippen molar-refractivity contribution in [2.75, 3.05) is 20.8 Å². The Labute approximate surface area is 141 Å². The van der Waals surface area contributed by atoms with Crippen molar-refractivity contribution in [1.82, 2.24) is 4.90 Å². The van der Waals surface area contributed by atoms with Crippen LogP contribution in [0.5, 0.6) is 11.5 Å². The van der Waals surface area contributed by atoms with Gasteiger partial charge in [-0.3, -0.25) is 4.79 Å². The third kappa shape index (κ3) is 1.96. The fraction of sp³-hybridized carbons (Fsp3) is 0.250. The molecule has 2 aromatic rings. The summed E-state index contributed by atoms with van der Waals surface area (Å²) in [4.78, 5) is 14.8. The summed E-state index contributed by atoms with van der Waals surface area (Å²) in [6.07, 6.45) is 0.799. The molecule has 4 heteroatoms. The van der Waals surface area contributed by atoms with Crippen molar-refractivity contribution < 1.29 is 14.3 Å². The van der Waals surface area contributed by atoms with E-state index in [0.29, 0.717) is 12.3 Å². The Balaban J connectivity index is 1.90. The third-order valence-electron chi connectivity index (χ3n) is 4.97. The number of carbonyl (C=O) groups excluding carboxylic acids is 1. The maximum atomic E-state index is 12.9. The fourth-order valence-electron chi connectivity index (χ4n) is 3.79. The van der Waals surface area contributed by atoms with Gasteiger partial charge in [-0.1, -0.05) is 24.8 Å². The average Bonchev–Trinajstić information content (AvgIpc) is 2.64. The lowest BCUT2D eigenvalue weighted by molar-refractivity contribution is 0.0695. The topological polar surface area (TPSA) is 38.8 Å². The molecule has 0 aliphatic carbocycles. The van der Waals surface area contributed by atoms with Gasteiger partial charge in [-0.2, -0.15) is 0 Å². The second-order valence-corrected chi connectivity index (χ2v) is 6.13. The van der Waals surface area contributed by atoms with Gasteiger partial charge in [0.2, 0.25) is 0 Å². The molecule has 1 unspecified atom stereocenters. The summed E-state index contributed by atoms with van der Waals surface area (Å²) in [5.41, 5.74) is 4.89. The van der Waals surface area contributed by atoms with Crippen LogP contribution in [0.1, 0.15) is 33.1 Å². The maximum Gasteiger partial charge on any atom is 0.255 e. The molecule has 2 aromatic carbocycles. The number of carbonyl (C=O) groups is 1. The Kier molecular flexibility index (Phi) is 3.34. The van der Waals surface area contributed by atoms with Crippen LogP contribution in [0.4, 0.5) is 0 Å².